The van der Waals surface area contributed by atoms with Gasteiger partial charge in [-0.15, -0.1) is 0 Å². The molecule has 0 amide bonds. The van der Waals surface area contributed by atoms with Crippen molar-refractivity contribution in [2.75, 3.05) is 37.6 Å². The number of anilines is 1. The van der Waals surface area contributed by atoms with E-state index in [2.05, 4.69) is 33.8 Å². The van der Waals surface area contributed by atoms with Crippen molar-refractivity contribution in [2.24, 2.45) is 17.6 Å². The standard InChI is InChI=1S/C17H28N4/c1-14-5-6-16(18)15(12-14)13-20-8-10-21(11-9-20)17-4-2-3-7-19-17/h2-4,7,14-16H,5-6,8-13,18H2,1H3. The third kappa shape index (κ3) is 3.74. The van der Waals surface area contributed by atoms with Gasteiger partial charge in [-0.25, -0.2) is 4.98 Å². The lowest BCUT2D eigenvalue weighted by Gasteiger charge is -2.40. The maximum atomic E-state index is 6.33. The van der Waals surface area contributed by atoms with E-state index in [1.54, 1.807) is 0 Å². The molecule has 1 aliphatic carbocycles. The smallest absolute Gasteiger partial charge is 0.128 e. The van der Waals surface area contributed by atoms with Gasteiger partial charge < -0.3 is 10.6 Å². The largest absolute Gasteiger partial charge is 0.354 e. The number of pyridine rings is 1. The highest BCUT2D eigenvalue weighted by atomic mass is 15.3. The fraction of sp³-hybridized carbons (Fsp3) is 0.706. The summed E-state index contributed by atoms with van der Waals surface area (Å²) in [5.41, 5.74) is 6.33. The van der Waals surface area contributed by atoms with Crippen LogP contribution in [0, 0.1) is 11.8 Å². The zero-order chi connectivity index (χ0) is 14.7. The number of rotatable bonds is 3. The molecule has 2 aliphatic rings. The van der Waals surface area contributed by atoms with Gasteiger partial charge in [0.2, 0.25) is 0 Å². The topological polar surface area (TPSA) is 45.4 Å². The van der Waals surface area contributed by atoms with Crippen molar-refractivity contribution in [3.63, 3.8) is 0 Å². The molecule has 0 aromatic carbocycles. The van der Waals surface area contributed by atoms with Crippen molar-refractivity contribution < 1.29 is 0 Å². The molecule has 1 aromatic rings. The monoisotopic (exact) mass is 288 g/mol. The van der Waals surface area contributed by atoms with Crippen molar-refractivity contribution >= 4 is 5.82 Å². The highest BCUT2D eigenvalue weighted by Gasteiger charge is 2.28. The van der Waals surface area contributed by atoms with E-state index in [0.29, 0.717) is 12.0 Å². The second kappa shape index (κ2) is 6.75. The summed E-state index contributed by atoms with van der Waals surface area (Å²) in [5.74, 6) is 2.65. The van der Waals surface area contributed by atoms with E-state index in [9.17, 15) is 0 Å². The van der Waals surface area contributed by atoms with Crippen LogP contribution in [0.5, 0.6) is 0 Å². The maximum absolute atomic E-state index is 6.33. The van der Waals surface area contributed by atoms with Gasteiger partial charge in [-0.3, -0.25) is 4.90 Å². The SMILES string of the molecule is CC1CCC(N)C(CN2CCN(c3ccccn3)CC2)C1. The highest BCUT2D eigenvalue weighted by Crippen LogP contribution is 2.28. The molecular weight excluding hydrogens is 260 g/mol. The molecule has 116 valence electrons. The molecule has 1 aliphatic heterocycles. The van der Waals surface area contributed by atoms with Gasteiger partial charge in [0.05, 0.1) is 0 Å². The van der Waals surface area contributed by atoms with Crippen LogP contribution in [-0.2, 0) is 0 Å². The van der Waals surface area contributed by atoms with Crippen LogP contribution in [0.25, 0.3) is 0 Å². The number of nitrogens with zero attached hydrogens (tertiary/aromatic N) is 3. The number of hydrogen-bond donors (Lipinski definition) is 1. The Balaban J connectivity index is 1.49. The first-order valence-corrected chi connectivity index (χ1v) is 8.36. The average Bonchev–Trinajstić information content (AvgIpc) is 2.53. The fourth-order valence-corrected chi connectivity index (χ4v) is 3.76. The third-order valence-corrected chi connectivity index (χ3v) is 5.14. The van der Waals surface area contributed by atoms with Crippen molar-refractivity contribution in [1.82, 2.24) is 9.88 Å². The lowest BCUT2D eigenvalue weighted by molar-refractivity contribution is 0.155. The Labute approximate surface area is 128 Å². The van der Waals surface area contributed by atoms with Crippen LogP contribution < -0.4 is 10.6 Å². The van der Waals surface area contributed by atoms with Crippen LogP contribution in [0.4, 0.5) is 5.82 Å². The second-order valence-corrected chi connectivity index (χ2v) is 6.82. The van der Waals surface area contributed by atoms with E-state index in [4.69, 9.17) is 5.73 Å². The Hall–Kier alpha value is -1.13. The zero-order valence-electron chi connectivity index (χ0n) is 13.1. The van der Waals surface area contributed by atoms with Crippen molar-refractivity contribution in [2.45, 2.75) is 32.2 Å². The van der Waals surface area contributed by atoms with Crippen molar-refractivity contribution in [1.29, 1.82) is 0 Å². The van der Waals surface area contributed by atoms with E-state index < -0.39 is 0 Å². The second-order valence-electron chi connectivity index (χ2n) is 6.82. The summed E-state index contributed by atoms with van der Waals surface area (Å²) >= 11 is 0. The normalized spacial score (nSPS) is 31.3. The van der Waals surface area contributed by atoms with Gasteiger partial charge in [0.15, 0.2) is 0 Å². The molecule has 1 saturated carbocycles. The van der Waals surface area contributed by atoms with Gasteiger partial charge in [0.1, 0.15) is 5.82 Å². The first-order valence-electron chi connectivity index (χ1n) is 8.36. The Morgan fingerprint density at radius 3 is 2.71 bits per heavy atom. The third-order valence-electron chi connectivity index (χ3n) is 5.14. The Kier molecular flexibility index (Phi) is 4.76. The molecule has 0 radical (unpaired) electrons. The number of nitrogens with two attached hydrogens (primary N) is 1. The molecule has 3 rings (SSSR count). The lowest BCUT2D eigenvalue weighted by atomic mass is 9.79. The van der Waals surface area contributed by atoms with Gasteiger partial charge in [0.25, 0.3) is 0 Å². The van der Waals surface area contributed by atoms with Crippen LogP contribution in [-0.4, -0.2) is 48.6 Å². The first-order chi connectivity index (χ1) is 10.2. The lowest BCUT2D eigenvalue weighted by Crippen LogP contribution is -2.50. The molecule has 21 heavy (non-hydrogen) atoms. The van der Waals surface area contributed by atoms with Gasteiger partial charge in [-0.05, 0) is 43.2 Å². The van der Waals surface area contributed by atoms with Crippen LogP contribution in [0.1, 0.15) is 26.2 Å². The van der Waals surface area contributed by atoms with E-state index in [-0.39, 0.29) is 0 Å². The molecule has 0 spiro atoms. The van der Waals surface area contributed by atoms with Gasteiger partial charge in [-0.2, -0.15) is 0 Å². The van der Waals surface area contributed by atoms with E-state index in [0.717, 1.165) is 37.9 Å². The Bertz CT molecular complexity index is 428. The van der Waals surface area contributed by atoms with Gasteiger partial charge >= 0.3 is 0 Å². The van der Waals surface area contributed by atoms with Crippen LogP contribution >= 0.6 is 0 Å². The quantitative estimate of drug-likeness (QED) is 0.923. The summed E-state index contributed by atoms with van der Waals surface area (Å²) in [6.45, 7) is 7.98. The summed E-state index contributed by atoms with van der Waals surface area (Å²) in [5, 5.41) is 0. The molecule has 2 heterocycles. The summed E-state index contributed by atoms with van der Waals surface area (Å²) < 4.78 is 0. The van der Waals surface area contributed by atoms with Gasteiger partial charge in [0, 0.05) is 45.0 Å². The number of aromatic nitrogens is 1. The molecule has 1 saturated heterocycles. The van der Waals surface area contributed by atoms with Crippen LogP contribution in [0.3, 0.4) is 0 Å². The molecule has 4 nitrogen and oxygen atoms in total. The fourth-order valence-electron chi connectivity index (χ4n) is 3.76. The molecule has 0 bridgehead atoms. The predicted octanol–water partition coefficient (Wildman–Crippen LogP) is 1.97. The van der Waals surface area contributed by atoms with E-state index in [1.165, 1.54) is 25.8 Å². The van der Waals surface area contributed by atoms with Crippen LogP contribution in [0.15, 0.2) is 24.4 Å². The summed E-state index contributed by atoms with van der Waals surface area (Å²) in [4.78, 5) is 9.44. The summed E-state index contributed by atoms with van der Waals surface area (Å²) in [6, 6.07) is 6.56. The number of piperazine rings is 1. The summed E-state index contributed by atoms with van der Waals surface area (Å²) in [7, 11) is 0. The first kappa shape index (κ1) is 14.8. The maximum Gasteiger partial charge on any atom is 0.128 e. The molecule has 1 aromatic heterocycles. The highest BCUT2D eigenvalue weighted by molar-refractivity contribution is 5.38. The van der Waals surface area contributed by atoms with Gasteiger partial charge in [-0.1, -0.05) is 13.0 Å². The minimum absolute atomic E-state index is 0.412. The Morgan fingerprint density at radius 1 is 1.19 bits per heavy atom. The van der Waals surface area contributed by atoms with Crippen molar-refractivity contribution in [3.8, 4) is 0 Å². The van der Waals surface area contributed by atoms with E-state index in [1.807, 2.05) is 12.3 Å². The summed E-state index contributed by atoms with van der Waals surface area (Å²) in [6.07, 6.45) is 5.70. The van der Waals surface area contributed by atoms with E-state index >= 15 is 0 Å². The molecule has 4 heteroatoms. The minimum Gasteiger partial charge on any atom is -0.354 e. The predicted molar refractivity (Wildman–Crippen MR) is 87.4 cm³/mol. The average molecular weight is 288 g/mol. The molecular formula is C17H28N4. The molecule has 3 atom stereocenters. The zero-order valence-corrected chi connectivity index (χ0v) is 13.1. The molecule has 3 unspecified atom stereocenters. The van der Waals surface area contributed by atoms with Crippen LogP contribution in [0.2, 0.25) is 0 Å². The molecule has 2 fully saturated rings. The Morgan fingerprint density at radius 2 is 2.00 bits per heavy atom. The van der Waals surface area contributed by atoms with Crippen molar-refractivity contribution in [3.05, 3.63) is 24.4 Å². The number of hydrogen-bond acceptors (Lipinski definition) is 4. The molecule has 2 N–H and O–H groups in total. The minimum atomic E-state index is 0.412.